The van der Waals surface area contributed by atoms with Crippen LogP contribution in [0.4, 0.5) is 9.93 Å². The number of ether oxygens (including phenoxy) is 1. The molecular formula is C20H23N5O3S. The topological polar surface area (TPSA) is 100 Å². The van der Waals surface area contributed by atoms with Gasteiger partial charge in [0.15, 0.2) is 10.8 Å². The minimum Gasteiger partial charge on any atom is -0.444 e. The number of hydrogen-bond donors (Lipinski definition) is 2. The van der Waals surface area contributed by atoms with Gasteiger partial charge < -0.3 is 9.64 Å². The van der Waals surface area contributed by atoms with Crippen LogP contribution in [0.2, 0.25) is 0 Å². The SMILES string of the molecule is Cc1ccc2[nH]nc(C(=O)Nc3nc4c(s3)CN(C(=O)OC(C)(C)C)CC4)c2c1. The maximum absolute atomic E-state index is 12.7. The van der Waals surface area contributed by atoms with Gasteiger partial charge in [-0.2, -0.15) is 5.10 Å². The number of H-pyrrole nitrogens is 1. The third-order valence-corrected chi connectivity index (χ3v) is 5.53. The number of aromatic nitrogens is 3. The number of anilines is 1. The highest BCUT2D eigenvalue weighted by Crippen LogP contribution is 2.29. The molecule has 0 atom stereocenters. The maximum Gasteiger partial charge on any atom is 0.410 e. The molecule has 8 nitrogen and oxygen atoms in total. The molecule has 0 aliphatic carbocycles. The van der Waals surface area contributed by atoms with Crippen LogP contribution < -0.4 is 5.32 Å². The fourth-order valence-electron chi connectivity index (χ4n) is 3.19. The highest BCUT2D eigenvalue weighted by Gasteiger charge is 2.28. The summed E-state index contributed by atoms with van der Waals surface area (Å²) in [4.78, 5) is 32.2. The van der Waals surface area contributed by atoms with Crippen LogP contribution in [0.5, 0.6) is 0 Å². The van der Waals surface area contributed by atoms with Crippen molar-refractivity contribution in [1.29, 1.82) is 0 Å². The summed E-state index contributed by atoms with van der Waals surface area (Å²) in [5.41, 5.74) is 2.58. The number of nitrogens with one attached hydrogen (secondary N) is 2. The van der Waals surface area contributed by atoms with Crippen LogP contribution in [0, 0.1) is 6.92 Å². The first kappa shape index (κ1) is 19.4. The van der Waals surface area contributed by atoms with Gasteiger partial charge in [0.25, 0.3) is 5.91 Å². The zero-order valence-electron chi connectivity index (χ0n) is 16.8. The lowest BCUT2D eigenvalue weighted by Gasteiger charge is -2.29. The molecule has 4 rings (SSSR count). The molecule has 0 bridgehead atoms. The number of carbonyl (C=O) groups is 2. The largest absolute Gasteiger partial charge is 0.444 e. The summed E-state index contributed by atoms with van der Waals surface area (Å²) in [5, 5.41) is 11.2. The molecular weight excluding hydrogens is 390 g/mol. The van der Waals surface area contributed by atoms with Crippen molar-refractivity contribution in [1.82, 2.24) is 20.1 Å². The molecule has 3 heterocycles. The molecule has 0 radical (unpaired) electrons. The molecule has 9 heteroatoms. The van der Waals surface area contributed by atoms with Crippen molar-refractivity contribution in [2.75, 3.05) is 11.9 Å². The minimum absolute atomic E-state index is 0.308. The molecule has 0 saturated heterocycles. The molecule has 2 aromatic heterocycles. The van der Waals surface area contributed by atoms with Crippen LogP contribution in [0.1, 0.15) is 47.4 Å². The van der Waals surface area contributed by atoms with Crippen molar-refractivity contribution in [2.45, 2.75) is 46.3 Å². The number of benzene rings is 1. The molecule has 1 aromatic carbocycles. The summed E-state index contributed by atoms with van der Waals surface area (Å²) < 4.78 is 5.45. The molecule has 2 N–H and O–H groups in total. The van der Waals surface area contributed by atoms with Gasteiger partial charge in [-0.1, -0.05) is 23.0 Å². The van der Waals surface area contributed by atoms with E-state index in [1.165, 1.54) is 11.3 Å². The molecule has 3 aromatic rings. The van der Waals surface area contributed by atoms with Crippen molar-refractivity contribution >= 4 is 39.4 Å². The highest BCUT2D eigenvalue weighted by molar-refractivity contribution is 7.15. The summed E-state index contributed by atoms with van der Waals surface area (Å²) >= 11 is 1.38. The Labute approximate surface area is 172 Å². The van der Waals surface area contributed by atoms with Crippen molar-refractivity contribution in [3.63, 3.8) is 0 Å². The van der Waals surface area contributed by atoms with E-state index < -0.39 is 5.60 Å². The van der Waals surface area contributed by atoms with Crippen molar-refractivity contribution in [3.05, 3.63) is 40.0 Å². The average molecular weight is 414 g/mol. The lowest BCUT2D eigenvalue weighted by atomic mass is 10.1. The minimum atomic E-state index is -0.533. The van der Waals surface area contributed by atoms with Gasteiger partial charge in [0.1, 0.15) is 5.60 Å². The summed E-state index contributed by atoms with van der Waals surface area (Å²) in [6, 6.07) is 5.80. The number of aromatic amines is 1. The number of amides is 2. The van der Waals surface area contributed by atoms with Crippen molar-refractivity contribution in [3.8, 4) is 0 Å². The van der Waals surface area contributed by atoms with E-state index in [0.29, 0.717) is 30.3 Å². The average Bonchev–Trinajstić information content (AvgIpc) is 3.22. The molecule has 1 aliphatic rings. The highest BCUT2D eigenvalue weighted by atomic mass is 32.1. The first-order chi connectivity index (χ1) is 13.7. The zero-order chi connectivity index (χ0) is 20.8. The van der Waals surface area contributed by atoms with Crippen LogP contribution in [-0.2, 0) is 17.7 Å². The Morgan fingerprint density at radius 3 is 2.86 bits per heavy atom. The van der Waals surface area contributed by atoms with E-state index in [0.717, 1.165) is 27.0 Å². The number of rotatable bonds is 2. The molecule has 29 heavy (non-hydrogen) atoms. The van der Waals surface area contributed by atoms with E-state index in [4.69, 9.17) is 4.74 Å². The van der Waals surface area contributed by atoms with E-state index in [2.05, 4.69) is 20.5 Å². The van der Waals surface area contributed by atoms with Crippen LogP contribution in [-0.4, -0.2) is 44.2 Å². The van der Waals surface area contributed by atoms with Crippen LogP contribution >= 0.6 is 11.3 Å². The molecule has 0 saturated carbocycles. The van der Waals surface area contributed by atoms with Crippen molar-refractivity contribution in [2.24, 2.45) is 0 Å². The third-order valence-electron chi connectivity index (χ3n) is 4.54. The summed E-state index contributed by atoms with van der Waals surface area (Å²) in [7, 11) is 0. The van der Waals surface area contributed by atoms with Gasteiger partial charge in [0.2, 0.25) is 0 Å². The molecule has 0 unspecified atom stereocenters. The first-order valence-electron chi connectivity index (χ1n) is 9.42. The number of carbonyl (C=O) groups excluding carboxylic acids is 2. The number of nitrogens with zero attached hydrogens (tertiary/aromatic N) is 3. The van der Waals surface area contributed by atoms with E-state index in [1.807, 2.05) is 45.9 Å². The van der Waals surface area contributed by atoms with Gasteiger partial charge in [-0.3, -0.25) is 15.2 Å². The molecule has 152 valence electrons. The van der Waals surface area contributed by atoms with Gasteiger partial charge in [0, 0.05) is 23.2 Å². The summed E-state index contributed by atoms with van der Waals surface area (Å²) in [5.74, 6) is -0.308. The van der Waals surface area contributed by atoms with E-state index >= 15 is 0 Å². The fraction of sp³-hybridized carbons (Fsp3) is 0.400. The molecule has 0 fully saturated rings. The second kappa shape index (κ2) is 7.14. The number of aryl methyl sites for hydroxylation is 1. The second-order valence-electron chi connectivity index (χ2n) is 8.12. The Hall–Kier alpha value is -2.94. The van der Waals surface area contributed by atoms with E-state index in [9.17, 15) is 9.59 Å². The van der Waals surface area contributed by atoms with Gasteiger partial charge in [-0.05, 0) is 39.8 Å². The summed E-state index contributed by atoms with van der Waals surface area (Å²) in [6.45, 7) is 8.49. The Kier molecular flexibility index (Phi) is 4.77. The predicted octanol–water partition coefficient (Wildman–Crippen LogP) is 3.87. The van der Waals surface area contributed by atoms with Gasteiger partial charge in [-0.15, -0.1) is 0 Å². The quantitative estimate of drug-likeness (QED) is 0.664. The van der Waals surface area contributed by atoms with Crippen LogP contribution in [0.15, 0.2) is 18.2 Å². The standard InChI is InChI=1S/C20H23N5O3S/c1-11-5-6-13-12(9-11)16(24-23-13)17(26)22-18-21-14-7-8-25(10-15(14)29-18)19(27)28-20(2,3)4/h5-6,9H,7-8,10H2,1-4H3,(H,23,24)(H,21,22,26). The fourth-order valence-corrected chi connectivity index (χ4v) is 4.21. The Morgan fingerprint density at radius 1 is 1.31 bits per heavy atom. The van der Waals surface area contributed by atoms with Gasteiger partial charge >= 0.3 is 6.09 Å². The lowest BCUT2D eigenvalue weighted by Crippen LogP contribution is -2.39. The second-order valence-corrected chi connectivity index (χ2v) is 9.20. The third kappa shape index (κ3) is 4.09. The van der Waals surface area contributed by atoms with Crippen LogP contribution in [0.3, 0.4) is 0 Å². The molecule has 0 spiro atoms. The lowest BCUT2D eigenvalue weighted by molar-refractivity contribution is 0.0225. The Morgan fingerprint density at radius 2 is 2.10 bits per heavy atom. The van der Waals surface area contributed by atoms with Gasteiger partial charge in [0.05, 0.1) is 17.8 Å². The predicted molar refractivity (Wildman–Crippen MR) is 111 cm³/mol. The van der Waals surface area contributed by atoms with E-state index in [-0.39, 0.29) is 12.0 Å². The van der Waals surface area contributed by atoms with Crippen molar-refractivity contribution < 1.29 is 14.3 Å². The van der Waals surface area contributed by atoms with Gasteiger partial charge in [-0.25, -0.2) is 9.78 Å². The smallest absolute Gasteiger partial charge is 0.410 e. The normalized spacial score (nSPS) is 14.0. The molecule has 2 amide bonds. The number of thiazole rings is 1. The first-order valence-corrected chi connectivity index (χ1v) is 10.2. The van der Waals surface area contributed by atoms with E-state index in [1.54, 1.807) is 4.90 Å². The zero-order valence-corrected chi connectivity index (χ0v) is 17.6. The maximum atomic E-state index is 12.7. The summed E-state index contributed by atoms with van der Waals surface area (Å²) in [6.07, 6.45) is 0.298. The molecule has 1 aliphatic heterocycles. The number of fused-ring (bicyclic) bond motifs is 2. The number of hydrogen-bond acceptors (Lipinski definition) is 6. The monoisotopic (exact) mass is 413 g/mol. The van der Waals surface area contributed by atoms with Crippen LogP contribution in [0.25, 0.3) is 10.9 Å². The Balaban J connectivity index is 1.48. The Bertz CT molecular complexity index is 1100.